The lowest BCUT2D eigenvalue weighted by molar-refractivity contribution is -0.134. The molecule has 154 valence electrons. The van der Waals surface area contributed by atoms with Gasteiger partial charge in [-0.3, -0.25) is 14.7 Å². The number of nitrogens with zero attached hydrogens (tertiary/aromatic N) is 3. The van der Waals surface area contributed by atoms with Crippen molar-refractivity contribution in [3.8, 4) is 0 Å². The van der Waals surface area contributed by atoms with E-state index >= 15 is 0 Å². The minimum Gasteiger partial charge on any atom is -0.381 e. The maximum atomic E-state index is 13.1. The standard InChI is InChI=1S/C24H31N3O2/c28-24(18-20-6-11-25-12-7-20)27(23-9-16-29-17-10-23)14-3-13-26-15-8-21-4-1-2-5-22(21)19-26/h1-2,4-7,11-12,23H,3,8-10,13-19H2. The van der Waals surface area contributed by atoms with Crippen molar-refractivity contribution in [2.24, 2.45) is 0 Å². The van der Waals surface area contributed by atoms with Gasteiger partial charge in [0.1, 0.15) is 0 Å². The van der Waals surface area contributed by atoms with Gasteiger partial charge in [0.25, 0.3) is 0 Å². The van der Waals surface area contributed by atoms with Crippen LogP contribution in [0.2, 0.25) is 0 Å². The van der Waals surface area contributed by atoms with Gasteiger partial charge in [0, 0.05) is 57.8 Å². The van der Waals surface area contributed by atoms with Crippen molar-refractivity contribution in [2.75, 3.05) is 32.8 Å². The fourth-order valence-electron chi connectivity index (χ4n) is 4.49. The first-order chi connectivity index (χ1) is 14.3. The van der Waals surface area contributed by atoms with E-state index in [1.54, 1.807) is 12.4 Å². The second kappa shape index (κ2) is 9.99. The number of amides is 1. The highest BCUT2D eigenvalue weighted by atomic mass is 16.5. The molecule has 5 nitrogen and oxygen atoms in total. The van der Waals surface area contributed by atoms with Gasteiger partial charge in [-0.15, -0.1) is 0 Å². The molecule has 0 unspecified atom stereocenters. The molecule has 0 saturated carbocycles. The number of carbonyl (C=O) groups is 1. The van der Waals surface area contributed by atoms with Gasteiger partial charge in [0.15, 0.2) is 0 Å². The summed E-state index contributed by atoms with van der Waals surface area (Å²) in [5, 5.41) is 0. The highest BCUT2D eigenvalue weighted by Gasteiger charge is 2.26. The molecule has 2 aliphatic rings. The molecule has 1 amide bonds. The fraction of sp³-hybridized carbons (Fsp3) is 0.500. The van der Waals surface area contributed by atoms with Crippen LogP contribution in [0.4, 0.5) is 0 Å². The molecule has 0 spiro atoms. The van der Waals surface area contributed by atoms with Gasteiger partial charge in [0.05, 0.1) is 6.42 Å². The Balaban J connectivity index is 1.33. The van der Waals surface area contributed by atoms with E-state index in [0.717, 1.165) is 70.6 Å². The predicted octanol–water partition coefficient (Wildman–Crippen LogP) is 3.08. The Kier molecular flexibility index (Phi) is 6.91. The smallest absolute Gasteiger partial charge is 0.227 e. The van der Waals surface area contributed by atoms with E-state index in [4.69, 9.17) is 4.74 Å². The summed E-state index contributed by atoms with van der Waals surface area (Å²) < 4.78 is 5.53. The lowest BCUT2D eigenvalue weighted by atomic mass is 10.00. The summed E-state index contributed by atoms with van der Waals surface area (Å²) in [4.78, 5) is 21.8. The SMILES string of the molecule is O=C(Cc1ccncc1)N(CCCN1CCc2ccccc2C1)C1CCOCC1. The van der Waals surface area contributed by atoms with E-state index in [0.29, 0.717) is 12.5 Å². The van der Waals surface area contributed by atoms with Crippen molar-refractivity contribution in [3.05, 3.63) is 65.5 Å². The summed E-state index contributed by atoms with van der Waals surface area (Å²) in [5.74, 6) is 0.229. The molecule has 1 aromatic heterocycles. The fourth-order valence-corrected chi connectivity index (χ4v) is 4.49. The molecule has 0 bridgehead atoms. The lowest BCUT2D eigenvalue weighted by Gasteiger charge is -2.35. The Morgan fingerprint density at radius 3 is 2.66 bits per heavy atom. The molecule has 4 rings (SSSR count). The number of benzene rings is 1. The van der Waals surface area contributed by atoms with Crippen LogP contribution >= 0.6 is 0 Å². The van der Waals surface area contributed by atoms with Crippen LogP contribution in [0.5, 0.6) is 0 Å². The number of pyridine rings is 1. The third-order valence-corrected chi connectivity index (χ3v) is 6.14. The minimum absolute atomic E-state index is 0.229. The Morgan fingerprint density at radius 2 is 1.86 bits per heavy atom. The summed E-state index contributed by atoms with van der Waals surface area (Å²) in [6, 6.07) is 12.9. The number of rotatable bonds is 7. The van der Waals surface area contributed by atoms with Gasteiger partial charge >= 0.3 is 0 Å². The second-order valence-electron chi connectivity index (χ2n) is 8.11. The van der Waals surface area contributed by atoms with E-state index in [2.05, 4.69) is 39.0 Å². The van der Waals surface area contributed by atoms with E-state index in [-0.39, 0.29) is 5.91 Å². The highest BCUT2D eigenvalue weighted by Crippen LogP contribution is 2.20. The van der Waals surface area contributed by atoms with Crippen LogP contribution in [0.25, 0.3) is 0 Å². The first-order valence-corrected chi connectivity index (χ1v) is 10.8. The summed E-state index contributed by atoms with van der Waals surface area (Å²) in [6.45, 7) is 5.51. The Hall–Kier alpha value is -2.24. The Labute approximate surface area is 173 Å². The van der Waals surface area contributed by atoms with E-state index in [1.165, 1.54) is 11.1 Å². The lowest BCUT2D eigenvalue weighted by Crippen LogP contribution is -2.45. The molecule has 1 saturated heterocycles. The van der Waals surface area contributed by atoms with Gasteiger partial charge in [0.2, 0.25) is 5.91 Å². The zero-order valence-corrected chi connectivity index (χ0v) is 17.1. The molecule has 0 radical (unpaired) electrons. The van der Waals surface area contributed by atoms with Crippen molar-refractivity contribution >= 4 is 5.91 Å². The molecule has 1 fully saturated rings. The Morgan fingerprint density at radius 1 is 1.10 bits per heavy atom. The Bertz CT molecular complexity index is 790. The number of hydrogen-bond donors (Lipinski definition) is 0. The zero-order valence-electron chi connectivity index (χ0n) is 17.1. The molecular formula is C24H31N3O2. The van der Waals surface area contributed by atoms with Crippen LogP contribution in [0.1, 0.15) is 36.0 Å². The van der Waals surface area contributed by atoms with E-state index in [9.17, 15) is 4.79 Å². The van der Waals surface area contributed by atoms with Crippen LogP contribution in [-0.4, -0.2) is 59.6 Å². The summed E-state index contributed by atoms with van der Waals surface area (Å²) in [5.41, 5.74) is 3.98. The summed E-state index contributed by atoms with van der Waals surface area (Å²) in [7, 11) is 0. The van der Waals surface area contributed by atoms with Crippen LogP contribution < -0.4 is 0 Å². The van der Waals surface area contributed by atoms with Gasteiger partial charge in [-0.2, -0.15) is 0 Å². The molecule has 1 aromatic carbocycles. The van der Waals surface area contributed by atoms with Crippen molar-refractivity contribution in [1.29, 1.82) is 0 Å². The average Bonchev–Trinajstić information content (AvgIpc) is 2.78. The zero-order chi connectivity index (χ0) is 19.9. The number of carbonyl (C=O) groups excluding carboxylic acids is 1. The van der Waals surface area contributed by atoms with E-state index in [1.807, 2.05) is 12.1 Å². The highest BCUT2D eigenvalue weighted by molar-refractivity contribution is 5.79. The van der Waals surface area contributed by atoms with Gasteiger partial charge in [-0.25, -0.2) is 0 Å². The van der Waals surface area contributed by atoms with Crippen LogP contribution in [0.3, 0.4) is 0 Å². The van der Waals surface area contributed by atoms with Crippen molar-refractivity contribution in [1.82, 2.24) is 14.8 Å². The number of ether oxygens (including phenoxy) is 1. The molecule has 0 atom stereocenters. The van der Waals surface area contributed by atoms with Gasteiger partial charge in [-0.1, -0.05) is 24.3 Å². The molecule has 0 N–H and O–H groups in total. The van der Waals surface area contributed by atoms with Crippen molar-refractivity contribution < 1.29 is 9.53 Å². The monoisotopic (exact) mass is 393 g/mol. The van der Waals surface area contributed by atoms with Crippen LogP contribution in [0.15, 0.2) is 48.8 Å². The topological polar surface area (TPSA) is 45.7 Å². The maximum absolute atomic E-state index is 13.1. The molecule has 0 aliphatic carbocycles. The molecule has 5 heteroatoms. The van der Waals surface area contributed by atoms with Crippen LogP contribution in [0, 0.1) is 0 Å². The maximum Gasteiger partial charge on any atom is 0.227 e. The van der Waals surface area contributed by atoms with Gasteiger partial charge < -0.3 is 9.64 Å². The minimum atomic E-state index is 0.229. The first kappa shape index (κ1) is 20.0. The molecule has 3 heterocycles. The number of hydrogen-bond acceptors (Lipinski definition) is 4. The van der Waals surface area contributed by atoms with Crippen LogP contribution in [-0.2, 0) is 28.9 Å². The molecule has 29 heavy (non-hydrogen) atoms. The predicted molar refractivity (Wildman–Crippen MR) is 114 cm³/mol. The molecular weight excluding hydrogens is 362 g/mol. The number of aromatic nitrogens is 1. The molecule has 2 aliphatic heterocycles. The van der Waals surface area contributed by atoms with E-state index < -0.39 is 0 Å². The second-order valence-corrected chi connectivity index (χ2v) is 8.11. The largest absolute Gasteiger partial charge is 0.381 e. The third kappa shape index (κ3) is 5.43. The quantitative estimate of drug-likeness (QED) is 0.725. The van der Waals surface area contributed by atoms with Gasteiger partial charge in [-0.05, 0) is 54.5 Å². The van der Waals surface area contributed by atoms with Crippen molar-refractivity contribution in [2.45, 2.75) is 44.7 Å². The summed E-state index contributed by atoms with van der Waals surface area (Å²) >= 11 is 0. The third-order valence-electron chi connectivity index (χ3n) is 6.14. The number of fused-ring (bicyclic) bond motifs is 1. The summed E-state index contributed by atoms with van der Waals surface area (Å²) in [6.07, 6.45) is 8.00. The normalized spacial score (nSPS) is 17.7. The first-order valence-electron chi connectivity index (χ1n) is 10.8. The average molecular weight is 394 g/mol. The molecule has 2 aromatic rings. The van der Waals surface area contributed by atoms with Crippen molar-refractivity contribution in [3.63, 3.8) is 0 Å².